The molecule has 0 radical (unpaired) electrons. The molecule has 2 atom stereocenters. The minimum atomic E-state index is -3.54. The molecule has 1 fully saturated rings. The van der Waals surface area contributed by atoms with Crippen molar-refractivity contribution >= 4 is 10.0 Å². The van der Waals surface area contributed by atoms with Gasteiger partial charge in [-0.2, -0.15) is 4.31 Å². The van der Waals surface area contributed by atoms with Crippen molar-refractivity contribution in [1.82, 2.24) is 4.31 Å². The van der Waals surface area contributed by atoms with E-state index in [0.29, 0.717) is 12.5 Å². The summed E-state index contributed by atoms with van der Waals surface area (Å²) in [5, 5.41) is 9.21. The van der Waals surface area contributed by atoms with Crippen LogP contribution in [-0.2, 0) is 14.8 Å². The SMILES string of the molecule is CC1CN(S(=O)(=O)c2ccc(C(C)C)cc2)CC(CO)O1. The third-order valence-electron chi connectivity index (χ3n) is 3.68. The zero-order valence-electron chi connectivity index (χ0n) is 12.7. The number of ether oxygens (including phenoxy) is 1. The third kappa shape index (κ3) is 3.63. The topological polar surface area (TPSA) is 66.8 Å². The minimum absolute atomic E-state index is 0.178. The van der Waals surface area contributed by atoms with E-state index in [4.69, 9.17) is 4.74 Å². The van der Waals surface area contributed by atoms with Crippen LogP contribution in [0.5, 0.6) is 0 Å². The fraction of sp³-hybridized carbons (Fsp3) is 0.600. The van der Waals surface area contributed by atoms with Crippen LogP contribution in [0.15, 0.2) is 29.2 Å². The molecule has 118 valence electrons. The fourth-order valence-electron chi connectivity index (χ4n) is 2.47. The van der Waals surface area contributed by atoms with Gasteiger partial charge in [-0.05, 0) is 30.5 Å². The Bertz CT molecular complexity index is 568. The van der Waals surface area contributed by atoms with Crippen molar-refractivity contribution < 1.29 is 18.3 Å². The van der Waals surface area contributed by atoms with Crippen LogP contribution in [0.2, 0.25) is 0 Å². The van der Waals surface area contributed by atoms with Crippen LogP contribution in [0.4, 0.5) is 0 Å². The first kappa shape index (κ1) is 16.4. The Kier molecular flexibility index (Phi) is 5.03. The number of benzene rings is 1. The van der Waals surface area contributed by atoms with Gasteiger partial charge in [0, 0.05) is 13.1 Å². The molecule has 1 saturated heterocycles. The van der Waals surface area contributed by atoms with Crippen molar-refractivity contribution in [1.29, 1.82) is 0 Å². The fourth-order valence-corrected chi connectivity index (χ4v) is 4.02. The van der Waals surface area contributed by atoms with Gasteiger partial charge in [0.2, 0.25) is 10.0 Å². The molecule has 0 saturated carbocycles. The lowest BCUT2D eigenvalue weighted by molar-refractivity contribution is -0.0750. The number of aliphatic hydroxyl groups is 1. The molecule has 5 nitrogen and oxygen atoms in total. The van der Waals surface area contributed by atoms with Crippen molar-refractivity contribution in [2.24, 2.45) is 0 Å². The van der Waals surface area contributed by atoms with Crippen LogP contribution in [0.1, 0.15) is 32.3 Å². The maximum atomic E-state index is 12.7. The van der Waals surface area contributed by atoms with E-state index in [1.165, 1.54) is 4.31 Å². The number of aliphatic hydroxyl groups excluding tert-OH is 1. The summed E-state index contributed by atoms with van der Waals surface area (Å²) < 4.78 is 32.2. The first-order valence-corrected chi connectivity index (χ1v) is 8.65. The molecule has 1 aromatic rings. The highest BCUT2D eigenvalue weighted by molar-refractivity contribution is 7.89. The average molecular weight is 313 g/mol. The van der Waals surface area contributed by atoms with E-state index in [1.54, 1.807) is 12.1 Å². The van der Waals surface area contributed by atoms with E-state index < -0.39 is 16.1 Å². The second-order valence-corrected chi connectivity index (χ2v) is 7.73. The number of sulfonamides is 1. The van der Waals surface area contributed by atoms with Crippen molar-refractivity contribution in [3.8, 4) is 0 Å². The highest BCUT2D eigenvalue weighted by Crippen LogP contribution is 2.23. The lowest BCUT2D eigenvalue weighted by Crippen LogP contribution is -2.50. The van der Waals surface area contributed by atoms with E-state index in [0.717, 1.165) is 5.56 Å². The molecule has 1 heterocycles. The summed E-state index contributed by atoms with van der Waals surface area (Å²) in [6.07, 6.45) is -0.681. The lowest BCUT2D eigenvalue weighted by Gasteiger charge is -2.35. The van der Waals surface area contributed by atoms with Crippen molar-refractivity contribution in [2.75, 3.05) is 19.7 Å². The second-order valence-electron chi connectivity index (χ2n) is 5.80. The minimum Gasteiger partial charge on any atom is -0.394 e. The van der Waals surface area contributed by atoms with Gasteiger partial charge in [0.15, 0.2) is 0 Å². The Balaban J connectivity index is 2.24. The molecular formula is C15H23NO4S. The molecule has 6 heteroatoms. The van der Waals surface area contributed by atoms with E-state index in [9.17, 15) is 13.5 Å². The molecule has 0 amide bonds. The quantitative estimate of drug-likeness (QED) is 0.916. The van der Waals surface area contributed by atoms with E-state index >= 15 is 0 Å². The molecule has 1 aromatic carbocycles. The smallest absolute Gasteiger partial charge is 0.243 e. The molecule has 0 aromatic heterocycles. The van der Waals surface area contributed by atoms with Gasteiger partial charge < -0.3 is 9.84 Å². The average Bonchev–Trinajstić information content (AvgIpc) is 2.46. The molecule has 2 rings (SSSR count). The molecule has 2 unspecified atom stereocenters. The third-order valence-corrected chi connectivity index (χ3v) is 5.53. The maximum Gasteiger partial charge on any atom is 0.243 e. The maximum absolute atomic E-state index is 12.7. The summed E-state index contributed by atoms with van der Waals surface area (Å²) in [6, 6.07) is 7.01. The Hall–Kier alpha value is -0.950. The predicted molar refractivity (Wildman–Crippen MR) is 80.7 cm³/mol. The van der Waals surface area contributed by atoms with Crippen LogP contribution in [0.25, 0.3) is 0 Å². The molecule has 1 N–H and O–H groups in total. The molecule has 21 heavy (non-hydrogen) atoms. The molecule has 1 aliphatic heterocycles. The number of hydrogen-bond donors (Lipinski definition) is 1. The highest BCUT2D eigenvalue weighted by Gasteiger charge is 2.33. The van der Waals surface area contributed by atoms with Crippen LogP contribution in [0.3, 0.4) is 0 Å². The second kappa shape index (κ2) is 6.44. The largest absolute Gasteiger partial charge is 0.394 e. The summed E-state index contributed by atoms with van der Waals surface area (Å²) in [4.78, 5) is 0.290. The summed E-state index contributed by atoms with van der Waals surface area (Å²) in [6.45, 7) is 6.27. The van der Waals surface area contributed by atoms with Gasteiger partial charge in [-0.25, -0.2) is 8.42 Å². The molecule has 1 aliphatic rings. The summed E-state index contributed by atoms with van der Waals surface area (Å²) in [7, 11) is -3.54. The summed E-state index contributed by atoms with van der Waals surface area (Å²) in [5.74, 6) is 0.365. The Morgan fingerprint density at radius 2 is 1.90 bits per heavy atom. The van der Waals surface area contributed by atoms with E-state index in [2.05, 4.69) is 13.8 Å². The van der Waals surface area contributed by atoms with Gasteiger partial charge >= 0.3 is 0 Å². The number of rotatable bonds is 4. The standard InChI is InChI=1S/C15H23NO4S/c1-11(2)13-4-6-15(7-5-13)21(18,19)16-8-12(3)20-14(9-16)10-17/h4-7,11-12,14,17H,8-10H2,1-3H3. The van der Waals surface area contributed by atoms with Crippen LogP contribution >= 0.6 is 0 Å². The van der Waals surface area contributed by atoms with Crippen LogP contribution in [-0.4, -0.2) is 49.7 Å². The monoisotopic (exact) mass is 313 g/mol. The summed E-state index contributed by atoms with van der Waals surface area (Å²) >= 11 is 0. The number of nitrogens with zero attached hydrogens (tertiary/aromatic N) is 1. The first-order chi connectivity index (χ1) is 9.84. The number of hydrogen-bond acceptors (Lipinski definition) is 4. The van der Waals surface area contributed by atoms with Crippen LogP contribution in [0, 0.1) is 0 Å². The lowest BCUT2D eigenvalue weighted by atomic mass is 10.0. The molecular weight excluding hydrogens is 290 g/mol. The van der Waals surface area contributed by atoms with Gasteiger partial charge in [0.25, 0.3) is 0 Å². The van der Waals surface area contributed by atoms with Crippen LogP contribution < -0.4 is 0 Å². The van der Waals surface area contributed by atoms with Gasteiger partial charge in [-0.1, -0.05) is 26.0 Å². The van der Waals surface area contributed by atoms with Crippen molar-refractivity contribution in [3.63, 3.8) is 0 Å². The van der Waals surface area contributed by atoms with E-state index in [1.807, 2.05) is 19.1 Å². The van der Waals surface area contributed by atoms with Gasteiger partial charge in [-0.15, -0.1) is 0 Å². The molecule has 0 spiro atoms. The first-order valence-electron chi connectivity index (χ1n) is 7.21. The zero-order valence-corrected chi connectivity index (χ0v) is 13.5. The van der Waals surface area contributed by atoms with Crippen molar-refractivity contribution in [3.05, 3.63) is 29.8 Å². The number of morpholine rings is 1. The zero-order chi connectivity index (χ0) is 15.6. The predicted octanol–water partition coefficient (Wildman–Crippen LogP) is 1.58. The Morgan fingerprint density at radius 3 is 2.43 bits per heavy atom. The van der Waals surface area contributed by atoms with E-state index in [-0.39, 0.29) is 24.2 Å². The van der Waals surface area contributed by atoms with Gasteiger partial charge in [0.1, 0.15) is 0 Å². The van der Waals surface area contributed by atoms with Gasteiger partial charge in [0.05, 0.1) is 23.7 Å². The normalized spacial score (nSPS) is 24.4. The molecule has 0 aliphatic carbocycles. The molecule has 0 bridgehead atoms. The summed E-state index contributed by atoms with van der Waals surface area (Å²) in [5.41, 5.74) is 1.11. The Morgan fingerprint density at radius 1 is 1.29 bits per heavy atom. The Labute approximate surface area is 126 Å². The van der Waals surface area contributed by atoms with Crippen molar-refractivity contribution in [2.45, 2.75) is 43.8 Å². The van der Waals surface area contributed by atoms with Gasteiger partial charge in [-0.3, -0.25) is 0 Å². The highest BCUT2D eigenvalue weighted by atomic mass is 32.2.